The Morgan fingerprint density at radius 3 is 2.56 bits per heavy atom. The number of aryl methyl sites for hydroxylation is 2. The molecule has 0 aliphatic carbocycles. The van der Waals surface area contributed by atoms with E-state index in [4.69, 9.17) is 10.2 Å². The van der Waals surface area contributed by atoms with Crippen LogP contribution in [0.2, 0.25) is 0 Å². The van der Waals surface area contributed by atoms with Crippen molar-refractivity contribution in [1.29, 1.82) is 0 Å². The average Bonchev–Trinajstić information content (AvgIpc) is 2.62. The van der Waals surface area contributed by atoms with Crippen molar-refractivity contribution in [3.8, 4) is 0 Å². The van der Waals surface area contributed by atoms with E-state index in [2.05, 4.69) is 0 Å². The van der Waals surface area contributed by atoms with Crippen LogP contribution >= 0.6 is 0 Å². The number of nitrogens with two attached hydrogens (primary N) is 1. The van der Waals surface area contributed by atoms with Crippen molar-refractivity contribution in [2.45, 2.75) is 19.9 Å². The molecule has 0 aliphatic heterocycles. The summed E-state index contributed by atoms with van der Waals surface area (Å²) in [6, 6.07) is 6.23. The quantitative estimate of drug-likeness (QED) is 0.843. The van der Waals surface area contributed by atoms with E-state index in [0.29, 0.717) is 5.76 Å². The molecule has 0 fully saturated rings. The SMILES string of the molecule is Cc1cc(F)cc(C(N)c2occc2C)c1. The predicted molar refractivity (Wildman–Crippen MR) is 60.6 cm³/mol. The van der Waals surface area contributed by atoms with Crippen molar-refractivity contribution in [3.63, 3.8) is 0 Å². The van der Waals surface area contributed by atoms with Crippen LogP contribution in [0.5, 0.6) is 0 Å². The Morgan fingerprint density at radius 1 is 1.25 bits per heavy atom. The standard InChI is InChI=1S/C13H14FNO/c1-8-5-10(7-11(14)6-8)12(15)13-9(2)3-4-16-13/h3-7,12H,15H2,1-2H3. The van der Waals surface area contributed by atoms with Gasteiger partial charge in [-0.25, -0.2) is 4.39 Å². The number of halogens is 1. The van der Waals surface area contributed by atoms with Crippen LogP contribution in [0.3, 0.4) is 0 Å². The van der Waals surface area contributed by atoms with E-state index in [-0.39, 0.29) is 5.82 Å². The normalized spacial score (nSPS) is 12.8. The molecule has 1 aromatic heterocycles. The van der Waals surface area contributed by atoms with Gasteiger partial charge in [-0.15, -0.1) is 0 Å². The molecule has 0 aliphatic rings. The Balaban J connectivity index is 2.41. The van der Waals surface area contributed by atoms with Crippen LogP contribution in [0.15, 0.2) is 34.9 Å². The van der Waals surface area contributed by atoms with E-state index in [1.807, 2.05) is 26.0 Å². The van der Waals surface area contributed by atoms with Crippen molar-refractivity contribution >= 4 is 0 Å². The zero-order valence-corrected chi connectivity index (χ0v) is 9.33. The summed E-state index contributed by atoms with van der Waals surface area (Å²) >= 11 is 0. The van der Waals surface area contributed by atoms with Gasteiger partial charge < -0.3 is 10.2 Å². The molecular weight excluding hydrogens is 205 g/mol. The molecule has 0 spiro atoms. The average molecular weight is 219 g/mol. The Bertz CT molecular complexity index is 484. The van der Waals surface area contributed by atoms with E-state index >= 15 is 0 Å². The lowest BCUT2D eigenvalue weighted by Gasteiger charge is -2.11. The van der Waals surface area contributed by atoms with Gasteiger partial charge in [-0.3, -0.25) is 0 Å². The van der Waals surface area contributed by atoms with Crippen LogP contribution in [0, 0.1) is 19.7 Å². The van der Waals surface area contributed by atoms with Gasteiger partial charge in [-0.05, 0) is 48.7 Å². The first-order valence-electron chi connectivity index (χ1n) is 5.14. The van der Waals surface area contributed by atoms with E-state index in [9.17, 15) is 4.39 Å². The summed E-state index contributed by atoms with van der Waals surface area (Å²) in [7, 11) is 0. The van der Waals surface area contributed by atoms with E-state index in [1.54, 1.807) is 6.26 Å². The first-order valence-corrected chi connectivity index (χ1v) is 5.14. The molecule has 1 aromatic carbocycles. The maximum atomic E-state index is 13.2. The maximum absolute atomic E-state index is 13.2. The Morgan fingerprint density at radius 2 is 2.00 bits per heavy atom. The molecule has 3 heteroatoms. The van der Waals surface area contributed by atoms with Crippen molar-refractivity contribution < 1.29 is 8.81 Å². The predicted octanol–water partition coefficient (Wildman–Crippen LogP) is 3.08. The Hall–Kier alpha value is -1.61. The van der Waals surface area contributed by atoms with Gasteiger partial charge in [-0.1, -0.05) is 6.07 Å². The van der Waals surface area contributed by atoms with E-state index < -0.39 is 6.04 Å². The minimum atomic E-state index is -0.413. The largest absolute Gasteiger partial charge is 0.467 e. The minimum absolute atomic E-state index is 0.269. The first-order chi connectivity index (χ1) is 7.58. The van der Waals surface area contributed by atoms with Gasteiger partial charge >= 0.3 is 0 Å². The third kappa shape index (κ3) is 1.99. The van der Waals surface area contributed by atoms with Crippen LogP contribution in [0.25, 0.3) is 0 Å². The van der Waals surface area contributed by atoms with E-state index in [1.165, 1.54) is 12.1 Å². The Kier molecular flexibility index (Phi) is 2.79. The van der Waals surface area contributed by atoms with E-state index in [0.717, 1.165) is 16.7 Å². The van der Waals surface area contributed by atoms with Crippen LogP contribution < -0.4 is 5.73 Å². The highest BCUT2D eigenvalue weighted by molar-refractivity contribution is 5.33. The molecule has 0 amide bonds. The lowest BCUT2D eigenvalue weighted by Crippen LogP contribution is -2.12. The molecule has 0 saturated carbocycles. The highest BCUT2D eigenvalue weighted by atomic mass is 19.1. The second-order valence-electron chi connectivity index (χ2n) is 4.01. The molecule has 16 heavy (non-hydrogen) atoms. The molecule has 0 bridgehead atoms. The number of hydrogen-bond donors (Lipinski definition) is 1. The lowest BCUT2D eigenvalue weighted by atomic mass is 10.0. The summed E-state index contributed by atoms with van der Waals surface area (Å²) in [5.74, 6) is 0.416. The fourth-order valence-corrected chi connectivity index (χ4v) is 1.80. The maximum Gasteiger partial charge on any atom is 0.127 e. The van der Waals surface area contributed by atoms with Gasteiger partial charge in [-0.2, -0.15) is 0 Å². The van der Waals surface area contributed by atoms with Crippen molar-refractivity contribution in [3.05, 3.63) is 58.8 Å². The molecule has 0 radical (unpaired) electrons. The molecule has 0 saturated heterocycles. The van der Waals surface area contributed by atoms with Gasteiger partial charge in [0.2, 0.25) is 0 Å². The second kappa shape index (κ2) is 4.10. The zero-order chi connectivity index (χ0) is 11.7. The molecule has 2 nitrogen and oxygen atoms in total. The molecule has 1 unspecified atom stereocenters. The van der Waals surface area contributed by atoms with Gasteiger partial charge in [0.25, 0.3) is 0 Å². The third-order valence-corrected chi connectivity index (χ3v) is 2.61. The first kappa shape index (κ1) is 10.9. The summed E-state index contributed by atoms with van der Waals surface area (Å²) in [5.41, 5.74) is 8.61. The molecule has 2 N–H and O–H groups in total. The fourth-order valence-electron chi connectivity index (χ4n) is 1.80. The summed E-state index contributed by atoms with van der Waals surface area (Å²) in [6.45, 7) is 3.76. The molecule has 1 atom stereocenters. The van der Waals surface area contributed by atoms with Gasteiger partial charge in [0.15, 0.2) is 0 Å². The monoisotopic (exact) mass is 219 g/mol. The highest BCUT2D eigenvalue weighted by Gasteiger charge is 2.15. The van der Waals surface area contributed by atoms with Crippen LogP contribution in [0.4, 0.5) is 4.39 Å². The number of benzene rings is 1. The second-order valence-corrected chi connectivity index (χ2v) is 4.01. The smallest absolute Gasteiger partial charge is 0.127 e. The van der Waals surface area contributed by atoms with Crippen LogP contribution in [0.1, 0.15) is 28.5 Å². The summed E-state index contributed by atoms with van der Waals surface area (Å²) in [6.07, 6.45) is 1.59. The van der Waals surface area contributed by atoms with Crippen LogP contribution in [-0.2, 0) is 0 Å². The van der Waals surface area contributed by atoms with Gasteiger partial charge in [0.1, 0.15) is 11.6 Å². The van der Waals surface area contributed by atoms with Gasteiger partial charge in [0, 0.05) is 0 Å². The third-order valence-electron chi connectivity index (χ3n) is 2.61. The summed E-state index contributed by atoms with van der Waals surface area (Å²) < 4.78 is 18.6. The topological polar surface area (TPSA) is 39.2 Å². The number of furan rings is 1. The molecule has 2 rings (SSSR count). The number of rotatable bonds is 2. The van der Waals surface area contributed by atoms with Crippen molar-refractivity contribution in [2.24, 2.45) is 5.73 Å². The summed E-state index contributed by atoms with van der Waals surface area (Å²) in [5, 5.41) is 0. The molecular formula is C13H14FNO. The Labute approximate surface area is 93.9 Å². The highest BCUT2D eigenvalue weighted by Crippen LogP contribution is 2.24. The lowest BCUT2D eigenvalue weighted by molar-refractivity contribution is 0.486. The molecule has 1 heterocycles. The van der Waals surface area contributed by atoms with Crippen LogP contribution in [-0.4, -0.2) is 0 Å². The fraction of sp³-hybridized carbons (Fsp3) is 0.231. The zero-order valence-electron chi connectivity index (χ0n) is 9.33. The van der Waals surface area contributed by atoms with Gasteiger partial charge in [0.05, 0.1) is 12.3 Å². The summed E-state index contributed by atoms with van der Waals surface area (Å²) in [4.78, 5) is 0. The van der Waals surface area contributed by atoms with Crippen molar-refractivity contribution in [1.82, 2.24) is 0 Å². The minimum Gasteiger partial charge on any atom is -0.467 e. The van der Waals surface area contributed by atoms with Crippen molar-refractivity contribution in [2.75, 3.05) is 0 Å². The molecule has 2 aromatic rings. The molecule has 84 valence electrons. The number of hydrogen-bond acceptors (Lipinski definition) is 2.